The first-order valence-corrected chi connectivity index (χ1v) is 8.39. The Morgan fingerprint density at radius 1 is 1.23 bits per heavy atom. The van der Waals surface area contributed by atoms with Crippen LogP contribution < -0.4 is 15.5 Å². The second-order valence-electron chi connectivity index (χ2n) is 5.53. The van der Waals surface area contributed by atoms with Crippen molar-refractivity contribution < 1.29 is 22.8 Å². The van der Waals surface area contributed by atoms with E-state index < -0.39 is 29.2 Å². The predicted octanol–water partition coefficient (Wildman–Crippen LogP) is 3.22. The van der Waals surface area contributed by atoms with Crippen LogP contribution in [0.2, 0.25) is 0 Å². The van der Waals surface area contributed by atoms with Gasteiger partial charge >= 0.3 is 11.0 Å². The molecular weight excluding hydrogens is 371 g/mol. The summed E-state index contributed by atoms with van der Waals surface area (Å²) in [5.41, 5.74) is -0.821. The fourth-order valence-electron chi connectivity index (χ4n) is 2.27. The van der Waals surface area contributed by atoms with Crippen molar-refractivity contribution in [1.29, 1.82) is 0 Å². The number of nitrogens with zero attached hydrogens (tertiary/aromatic N) is 1. The van der Waals surface area contributed by atoms with Crippen LogP contribution in [0.3, 0.4) is 0 Å². The predicted molar refractivity (Wildman–Crippen MR) is 92.3 cm³/mol. The number of nitrogens with one attached hydrogen (secondary N) is 2. The standard InChI is InChI=1S/C16H16F3N3O3S/c1-9-8-26-15(25)22(9)6-5-14(24)21-13-4-3-11(20-10(2)23)7-12(13)16(17,18)19/h3-4,7-8H,5-6H2,1-2H3,(H,20,23)(H,21,24). The molecule has 0 unspecified atom stereocenters. The van der Waals surface area contributed by atoms with Crippen LogP contribution in [0.5, 0.6) is 0 Å². The van der Waals surface area contributed by atoms with Gasteiger partial charge in [0.1, 0.15) is 0 Å². The number of anilines is 2. The summed E-state index contributed by atoms with van der Waals surface area (Å²) < 4.78 is 41.1. The average Bonchev–Trinajstić information content (AvgIpc) is 2.84. The van der Waals surface area contributed by atoms with Crippen LogP contribution >= 0.6 is 11.3 Å². The Kier molecular flexibility index (Phi) is 5.86. The highest BCUT2D eigenvalue weighted by molar-refractivity contribution is 7.07. The fourth-order valence-corrected chi connectivity index (χ4v) is 3.03. The Hall–Kier alpha value is -2.62. The number of amides is 2. The van der Waals surface area contributed by atoms with Crippen LogP contribution in [-0.4, -0.2) is 16.4 Å². The maximum absolute atomic E-state index is 13.2. The highest BCUT2D eigenvalue weighted by Gasteiger charge is 2.34. The molecule has 2 amide bonds. The smallest absolute Gasteiger partial charge is 0.326 e. The van der Waals surface area contributed by atoms with Gasteiger partial charge < -0.3 is 15.2 Å². The number of carbonyl (C=O) groups is 2. The molecule has 0 fully saturated rings. The second kappa shape index (κ2) is 7.73. The van der Waals surface area contributed by atoms with Crippen molar-refractivity contribution in [2.75, 3.05) is 10.6 Å². The lowest BCUT2D eigenvalue weighted by Gasteiger charge is -2.15. The van der Waals surface area contributed by atoms with Crippen molar-refractivity contribution >= 4 is 34.5 Å². The Labute approximate surface area is 150 Å². The van der Waals surface area contributed by atoms with Crippen molar-refractivity contribution in [3.8, 4) is 0 Å². The van der Waals surface area contributed by atoms with Crippen LogP contribution in [0, 0.1) is 6.92 Å². The van der Waals surface area contributed by atoms with Gasteiger partial charge in [0, 0.05) is 36.7 Å². The number of halogens is 3. The molecule has 2 aromatic rings. The summed E-state index contributed by atoms with van der Waals surface area (Å²) in [6.07, 6.45) is -4.86. The van der Waals surface area contributed by atoms with Crippen LogP contribution in [0.25, 0.3) is 0 Å². The van der Waals surface area contributed by atoms with E-state index in [1.807, 2.05) is 0 Å². The molecule has 1 aromatic heterocycles. The van der Waals surface area contributed by atoms with Crippen molar-refractivity contribution in [3.63, 3.8) is 0 Å². The third-order valence-electron chi connectivity index (χ3n) is 3.46. The van der Waals surface area contributed by atoms with E-state index in [0.717, 1.165) is 23.5 Å². The van der Waals surface area contributed by atoms with Crippen molar-refractivity contribution in [2.45, 2.75) is 33.0 Å². The molecule has 0 saturated heterocycles. The number of carbonyl (C=O) groups excluding carboxylic acids is 2. The molecule has 1 heterocycles. The van der Waals surface area contributed by atoms with Gasteiger partial charge in [0.15, 0.2) is 0 Å². The van der Waals surface area contributed by atoms with E-state index in [-0.39, 0.29) is 23.5 Å². The van der Waals surface area contributed by atoms with Gasteiger partial charge in [0.05, 0.1) is 11.3 Å². The average molecular weight is 387 g/mol. The van der Waals surface area contributed by atoms with E-state index >= 15 is 0 Å². The fraction of sp³-hybridized carbons (Fsp3) is 0.312. The van der Waals surface area contributed by atoms with Gasteiger partial charge in [-0.15, -0.1) is 0 Å². The highest BCUT2D eigenvalue weighted by atomic mass is 32.1. The Morgan fingerprint density at radius 3 is 2.46 bits per heavy atom. The zero-order valence-electron chi connectivity index (χ0n) is 13.9. The van der Waals surface area contributed by atoms with Crippen LogP contribution in [0.1, 0.15) is 24.6 Å². The Morgan fingerprint density at radius 2 is 1.92 bits per heavy atom. The Balaban J connectivity index is 2.15. The van der Waals surface area contributed by atoms with E-state index in [4.69, 9.17) is 0 Å². The number of hydrogen-bond donors (Lipinski definition) is 2. The van der Waals surface area contributed by atoms with E-state index in [9.17, 15) is 27.6 Å². The summed E-state index contributed by atoms with van der Waals surface area (Å²) in [7, 11) is 0. The van der Waals surface area contributed by atoms with Crippen molar-refractivity contribution in [3.05, 3.63) is 44.5 Å². The maximum Gasteiger partial charge on any atom is 0.418 e. The van der Waals surface area contributed by atoms with Gasteiger partial charge in [0.2, 0.25) is 11.8 Å². The van der Waals surface area contributed by atoms with E-state index in [0.29, 0.717) is 5.69 Å². The minimum absolute atomic E-state index is 0.0247. The monoisotopic (exact) mass is 387 g/mol. The molecule has 1 aromatic carbocycles. The molecule has 0 aliphatic heterocycles. The quantitative estimate of drug-likeness (QED) is 0.827. The molecular formula is C16H16F3N3O3S. The van der Waals surface area contributed by atoms with Gasteiger partial charge in [-0.1, -0.05) is 11.3 Å². The number of aryl methyl sites for hydroxylation is 1. The number of hydrogen-bond acceptors (Lipinski definition) is 4. The number of thiazole rings is 1. The molecule has 10 heteroatoms. The molecule has 26 heavy (non-hydrogen) atoms. The van der Waals surface area contributed by atoms with Crippen LogP contribution in [-0.2, 0) is 22.3 Å². The first-order valence-electron chi connectivity index (χ1n) is 7.51. The molecule has 0 atom stereocenters. The summed E-state index contributed by atoms with van der Waals surface area (Å²) >= 11 is 0.991. The Bertz CT molecular complexity index is 887. The third kappa shape index (κ3) is 4.94. The molecule has 0 aliphatic carbocycles. The van der Waals surface area contributed by atoms with Crippen LogP contribution in [0.15, 0.2) is 28.4 Å². The summed E-state index contributed by atoms with van der Waals surface area (Å²) in [5.74, 6) is -1.16. The summed E-state index contributed by atoms with van der Waals surface area (Å²) in [5, 5.41) is 6.12. The molecule has 0 bridgehead atoms. The SMILES string of the molecule is CC(=O)Nc1ccc(NC(=O)CCn2c(C)csc2=O)c(C(F)(F)F)c1. The molecule has 2 rings (SSSR count). The molecule has 0 saturated carbocycles. The van der Waals surface area contributed by atoms with Crippen molar-refractivity contribution in [2.24, 2.45) is 0 Å². The second-order valence-corrected chi connectivity index (χ2v) is 6.35. The first-order chi connectivity index (χ1) is 12.1. The number of alkyl halides is 3. The third-order valence-corrected chi connectivity index (χ3v) is 4.34. The molecule has 6 nitrogen and oxygen atoms in total. The maximum atomic E-state index is 13.2. The summed E-state index contributed by atoms with van der Waals surface area (Å²) in [6, 6.07) is 3.10. The minimum atomic E-state index is -4.71. The molecule has 0 aliphatic rings. The molecule has 2 N–H and O–H groups in total. The largest absolute Gasteiger partial charge is 0.418 e. The lowest BCUT2D eigenvalue weighted by atomic mass is 10.1. The van der Waals surface area contributed by atoms with Gasteiger partial charge in [0.25, 0.3) is 0 Å². The van der Waals surface area contributed by atoms with Gasteiger partial charge in [-0.2, -0.15) is 13.2 Å². The highest BCUT2D eigenvalue weighted by Crippen LogP contribution is 2.36. The molecule has 0 spiro atoms. The summed E-state index contributed by atoms with van der Waals surface area (Å²) in [4.78, 5) is 34.4. The molecule has 140 valence electrons. The lowest BCUT2D eigenvalue weighted by molar-refractivity contribution is -0.137. The van der Waals surface area contributed by atoms with Crippen LogP contribution in [0.4, 0.5) is 24.5 Å². The zero-order valence-corrected chi connectivity index (χ0v) is 14.8. The van der Waals surface area contributed by atoms with E-state index in [2.05, 4.69) is 10.6 Å². The van der Waals surface area contributed by atoms with Crippen molar-refractivity contribution in [1.82, 2.24) is 4.57 Å². The normalized spacial score (nSPS) is 11.3. The van der Waals surface area contributed by atoms with E-state index in [1.54, 1.807) is 12.3 Å². The number of benzene rings is 1. The topological polar surface area (TPSA) is 80.2 Å². The van der Waals surface area contributed by atoms with Gasteiger partial charge in [-0.25, -0.2) is 0 Å². The van der Waals surface area contributed by atoms with Gasteiger partial charge in [-0.05, 0) is 25.1 Å². The zero-order chi connectivity index (χ0) is 19.5. The van der Waals surface area contributed by atoms with E-state index in [1.165, 1.54) is 17.6 Å². The number of rotatable bonds is 5. The summed E-state index contributed by atoms with van der Waals surface area (Å²) in [6.45, 7) is 2.96. The molecule has 0 radical (unpaired) electrons. The van der Waals surface area contributed by atoms with Gasteiger partial charge in [-0.3, -0.25) is 14.4 Å². The number of aromatic nitrogens is 1. The minimum Gasteiger partial charge on any atom is -0.326 e. The first kappa shape index (κ1) is 19.7. The lowest BCUT2D eigenvalue weighted by Crippen LogP contribution is -2.21.